The number of hydrogen-bond donors (Lipinski definition) is 1. The predicted molar refractivity (Wildman–Crippen MR) is 84.7 cm³/mol. The maximum Gasteiger partial charge on any atom is 0.327 e. The first-order valence-corrected chi connectivity index (χ1v) is 8.47. The van der Waals surface area contributed by atoms with E-state index in [1.165, 1.54) is 4.90 Å². The van der Waals surface area contributed by atoms with Crippen LogP contribution in [0, 0.1) is 0 Å². The Morgan fingerprint density at radius 2 is 2.10 bits per heavy atom. The van der Waals surface area contributed by atoms with Crippen molar-refractivity contribution in [2.45, 2.75) is 19.1 Å². The topological polar surface area (TPSA) is 66.8 Å². The van der Waals surface area contributed by atoms with E-state index in [-0.39, 0.29) is 5.91 Å². The normalized spacial score (nSPS) is 19.9. The quantitative estimate of drug-likeness (QED) is 0.876. The van der Waals surface area contributed by atoms with E-state index in [0.717, 1.165) is 10.2 Å². The fourth-order valence-electron chi connectivity index (χ4n) is 2.07. The summed E-state index contributed by atoms with van der Waals surface area (Å²) in [6.07, 6.45) is -0.712. The molecule has 0 spiro atoms. The highest BCUT2D eigenvalue weighted by atomic mass is 79.9. The van der Waals surface area contributed by atoms with Gasteiger partial charge in [0.2, 0.25) is 0 Å². The molecule has 1 heterocycles. The summed E-state index contributed by atoms with van der Waals surface area (Å²) >= 11 is 4.88. The Morgan fingerprint density at radius 1 is 1.43 bits per heavy atom. The molecule has 2 rings (SSSR count). The van der Waals surface area contributed by atoms with Crippen LogP contribution in [-0.4, -0.2) is 52.1 Å². The number of thioether (sulfide) groups is 1. The Morgan fingerprint density at radius 3 is 2.71 bits per heavy atom. The average molecular weight is 374 g/mol. The van der Waals surface area contributed by atoms with Gasteiger partial charge < -0.3 is 14.7 Å². The number of carboxylic acids is 1. The number of amides is 1. The third kappa shape index (κ3) is 4.14. The lowest BCUT2D eigenvalue weighted by Crippen LogP contribution is -2.53. The molecule has 1 aliphatic rings. The zero-order valence-corrected chi connectivity index (χ0v) is 13.9. The lowest BCUT2D eigenvalue weighted by atomic mass is 10.2. The molecule has 2 atom stereocenters. The molecule has 1 saturated heterocycles. The summed E-state index contributed by atoms with van der Waals surface area (Å²) in [7, 11) is 0. The number of nitrogens with zero attached hydrogens (tertiary/aromatic N) is 1. The molecule has 1 aliphatic heterocycles. The zero-order valence-electron chi connectivity index (χ0n) is 11.5. The first kappa shape index (κ1) is 16.2. The van der Waals surface area contributed by atoms with Crippen LogP contribution in [0.25, 0.3) is 0 Å². The maximum atomic E-state index is 12.4. The van der Waals surface area contributed by atoms with Crippen molar-refractivity contribution in [2.24, 2.45) is 0 Å². The molecule has 1 fully saturated rings. The predicted octanol–water partition coefficient (Wildman–Crippen LogP) is 2.24. The first-order valence-electron chi connectivity index (χ1n) is 6.52. The van der Waals surface area contributed by atoms with Crippen LogP contribution >= 0.6 is 27.7 Å². The summed E-state index contributed by atoms with van der Waals surface area (Å²) < 4.78 is 6.52. The second-order valence-corrected chi connectivity index (χ2v) is 6.74. The van der Waals surface area contributed by atoms with Gasteiger partial charge in [0.05, 0.1) is 0 Å². The van der Waals surface area contributed by atoms with Crippen LogP contribution in [-0.2, 0) is 9.59 Å². The average Bonchev–Trinajstić information content (AvgIpc) is 2.48. The number of halogens is 1. The third-order valence-electron chi connectivity index (χ3n) is 3.17. The second kappa shape index (κ2) is 7.17. The molecule has 1 aromatic carbocycles. The van der Waals surface area contributed by atoms with Gasteiger partial charge in [-0.3, -0.25) is 4.79 Å². The fourth-order valence-corrected chi connectivity index (χ4v) is 3.38. The second-order valence-electron chi connectivity index (χ2n) is 4.67. The highest BCUT2D eigenvalue weighted by Crippen LogP contribution is 2.21. The van der Waals surface area contributed by atoms with Gasteiger partial charge in [-0.15, -0.1) is 0 Å². The van der Waals surface area contributed by atoms with Crippen LogP contribution in [0.2, 0.25) is 0 Å². The number of ether oxygens (including phenoxy) is 1. The largest absolute Gasteiger partial charge is 0.481 e. The van der Waals surface area contributed by atoms with E-state index in [1.54, 1.807) is 30.8 Å². The Hall–Kier alpha value is -1.21. The fraction of sp³-hybridized carbons (Fsp3) is 0.429. The van der Waals surface area contributed by atoms with E-state index in [1.807, 2.05) is 12.1 Å². The third-order valence-corrected chi connectivity index (χ3v) is 4.72. The lowest BCUT2D eigenvalue weighted by Gasteiger charge is -2.34. The van der Waals surface area contributed by atoms with Crippen LogP contribution < -0.4 is 4.74 Å². The van der Waals surface area contributed by atoms with Crippen LogP contribution in [0.15, 0.2) is 28.7 Å². The molecule has 0 bridgehead atoms. The summed E-state index contributed by atoms with van der Waals surface area (Å²) in [5.74, 6) is 0.501. The van der Waals surface area contributed by atoms with Crippen molar-refractivity contribution in [1.82, 2.24) is 4.90 Å². The van der Waals surface area contributed by atoms with Gasteiger partial charge in [-0.1, -0.05) is 15.9 Å². The van der Waals surface area contributed by atoms with Gasteiger partial charge in [0.25, 0.3) is 5.91 Å². The van der Waals surface area contributed by atoms with Crippen molar-refractivity contribution in [1.29, 1.82) is 0 Å². The van der Waals surface area contributed by atoms with E-state index in [4.69, 9.17) is 4.74 Å². The highest BCUT2D eigenvalue weighted by molar-refractivity contribution is 9.10. The van der Waals surface area contributed by atoms with Gasteiger partial charge >= 0.3 is 5.97 Å². The molecule has 0 saturated carbocycles. The van der Waals surface area contributed by atoms with Crippen LogP contribution in [0.5, 0.6) is 5.75 Å². The molecule has 7 heteroatoms. The van der Waals surface area contributed by atoms with Crippen molar-refractivity contribution in [2.75, 3.05) is 18.1 Å². The van der Waals surface area contributed by atoms with Gasteiger partial charge in [0, 0.05) is 22.5 Å². The molecule has 0 aromatic heterocycles. The van der Waals surface area contributed by atoms with Crippen molar-refractivity contribution >= 4 is 39.6 Å². The van der Waals surface area contributed by atoms with Gasteiger partial charge in [-0.2, -0.15) is 11.8 Å². The molecule has 0 radical (unpaired) electrons. The summed E-state index contributed by atoms with van der Waals surface area (Å²) in [6.45, 7) is 2.08. The SMILES string of the molecule is CC(Oc1ccc(Br)cc1)C(=O)N1CCSCC1C(=O)O. The molecule has 21 heavy (non-hydrogen) atoms. The molecule has 1 amide bonds. The van der Waals surface area contributed by atoms with Crippen LogP contribution in [0.3, 0.4) is 0 Å². The minimum atomic E-state index is -0.966. The number of carboxylic acid groups (broad SMARTS) is 1. The van der Waals surface area contributed by atoms with E-state index in [0.29, 0.717) is 18.0 Å². The van der Waals surface area contributed by atoms with Crippen molar-refractivity contribution in [3.63, 3.8) is 0 Å². The standard InChI is InChI=1S/C14H16BrNO4S/c1-9(20-11-4-2-10(15)3-5-11)13(17)16-6-7-21-8-12(16)14(18)19/h2-5,9,12H,6-8H2,1H3,(H,18,19). The molecule has 5 nitrogen and oxygen atoms in total. The molecular weight excluding hydrogens is 358 g/mol. The number of hydrogen-bond acceptors (Lipinski definition) is 4. The molecule has 0 aliphatic carbocycles. The first-order chi connectivity index (χ1) is 9.99. The van der Waals surface area contributed by atoms with E-state index in [9.17, 15) is 14.7 Å². The Labute approximate surface area is 135 Å². The highest BCUT2D eigenvalue weighted by Gasteiger charge is 2.35. The smallest absolute Gasteiger partial charge is 0.327 e. The van der Waals surface area contributed by atoms with Crippen molar-refractivity contribution < 1.29 is 19.4 Å². The summed E-state index contributed by atoms with van der Waals surface area (Å²) in [4.78, 5) is 25.0. The minimum Gasteiger partial charge on any atom is -0.481 e. The Balaban J connectivity index is 2.03. The Kier molecular flexibility index (Phi) is 5.52. The lowest BCUT2D eigenvalue weighted by molar-refractivity contribution is -0.152. The van der Waals surface area contributed by atoms with Crippen molar-refractivity contribution in [3.05, 3.63) is 28.7 Å². The van der Waals surface area contributed by atoms with E-state index < -0.39 is 18.1 Å². The zero-order chi connectivity index (χ0) is 15.4. The van der Waals surface area contributed by atoms with Gasteiger partial charge in [0.15, 0.2) is 6.10 Å². The van der Waals surface area contributed by atoms with Gasteiger partial charge in [-0.05, 0) is 31.2 Å². The summed E-state index contributed by atoms with van der Waals surface area (Å²) in [6, 6.07) is 6.39. The molecule has 2 unspecified atom stereocenters. The number of carbonyl (C=O) groups is 2. The van der Waals surface area contributed by atoms with Crippen LogP contribution in [0.4, 0.5) is 0 Å². The van der Waals surface area contributed by atoms with E-state index in [2.05, 4.69) is 15.9 Å². The van der Waals surface area contributed by atoms with Crippen molar-refractivity contribution in [3.8, 4) is 5.75 Å². The minimum absolute atomic E-state index is 0.286. The Bertz CT molecular complexity index is 522. The summed E-state index contributed by atoms with van der Waals surface area (Å²) in [5.41, 5.74) is 0. The molecule has 1 aromatic rings. The molecule has 1 N–H and O–H groups in total. The number of benzene rings is 1. The van der Waals surface area contributed by atoms with Gasteiger partial charge in [0.1, 0.15) is 11.8 Å². The monoisotopic (exact) mass is 373 g/mol. The number of carbonyl (C=O) groups excluding carboxylic acids is 1. The molecule has 114 valence electrons. The van der Waals surface area contributed by atoms with E-state index >= 15 is 0 Å². The molecular formula is C14H16BrNO4S. The van der Waals surface area contributed by atoms with Gasteiger partial charge in [-0.25, -0.2) is 4.79 Å². The maximum absolute atomic E-state index is 12.4. The number of rotatable bonds is 4. The van der Waals surface area contributed by atoms with Crippen LogP contribution in [0.1, 0.15) is 6.92 Å². The summed E-state index contributed by atoms with van der Waals surface area (Å²) in [5, 5.41) is 9.21. The number of aliphatic carboxylic acids is 1.